The monoisotopic (exact) mass is 258 g/mol. The van der Waals surface area contributed by atoms with Gasteiger partial charge in [0.15, 0.2) is 0 Å². The molecule has 0 bridgehead atoms. The zero-order chi connectivity index (χ0) is 13.2. The number of likely N-dealkylation sites (N-methyl/N-ethyl adjacent to an activating group) is 1. The van der Waals surface area contributed by atoms with Crippen molar-refractivity contribution in [3.63, 3.8) is 0 Å². The molecule has 100 valence electrons. The Labute approximate surface area is 105 Å². The number of benzene rings is 1. The fourth-order valence-electron chi connectivity index (χ4n) is 2.30. The third kappa shape index (κ3) is 2.84. The Morgan fingerprint density at radius 2 is 2.17 bits per heavy atom. The number of rotatable bonds is 3. The van der Waals surface area contributed by atoms with E-state index in [1.807, 2.05) is 6.92 Å². The summed E-state index contributed by atoms with van der Waals surface area (Å²) in [7, 11) is 0. The number of nitrogens with one attached hydrogen (secondary N) is 2. The Hall–Kier alpha value is -1.07. The van der Waals surface area contributed by atoms with Gasteiger partial charge in [0.25, 0.3) is 0 Å². The first kappa shape index (κ1) is 13.4. The second-order valence-electron chi connectivity index (χ2n) is 4.55. The lowest BCUT2D eigenvalue weighted by Crippen LogP contribution is -2.34. The SMILES string of the molecule is CCNCC1CNCc2ccc(C(F)(F)F)cc21. The minimum Gasteiger partial charge on any atom is -0.316 e. The van der Waals surface area contributed by atoms with Crippen molar-refractivity contribution in [2.24, 2.45) is 0 Å². The highest BCUT2D eigenvalue weighted by Gasteiger charge is 2.32. The molecule has 0 aliphatic carbocycles. The molecule has 1 heterocycles. The van der Waals surface area contributed by atoms with E-state index in [0.29, 0.717) is 13.1 Å². The predicted octanol–water partition coefficient (Wildman–Crippen LogP) is 2.50. The molecule has 0 spiro atoms. The number of alkyl halides is 3. The van der Waals surface area contributed by atoms with Gasteiger partial charge >= 0.3 is 6.18 Å². The molecule has 0 saturated carbocycles. The highest BCUT2D eigenvalue weighted by Crippen LogP contribution is 2.33. The van der Waals surface area contributed by atoms with E-state index in [4.69, 9.17) is 0 Å². The van der Waals surface area contributed by atoms with Crippen molar-refractivity contribution in [3.05, 3.63) is 34.9 Å². The maximum absolute atomic E-state index is 12.7. The van der Waals surface area contributed by atoms with E-state index in [-0.39, 0.29) is 5.92 Å². The molecule has 2 rings (SSSR count). The first-order chi connectivity index (χ1) is 8.52. The zero-order valence-electron chi connectivity index (χ0n) is 10.3. The van der Waals surface area contributed by atoms with Crippen LogP contribution < -0.4 is 10.6 Å². The summed E-state index contributed by atoms with van der Waals surface area (Å²) in [5.74, 6) is 0.107. The summed E-state index contributed by atoms with van der Waals surface area (Å²) in [6.45, 7) is 4.89. The van der Waals surface area contributed by atoms with Crippen LogP contribution in [0.5, 0.6) is 0 Å². The average Bonchev–Trinajstić information content (AvgIpc) is 2.34. The molecule has 0 saturated heterocycles. The van der Waals surface area contributed by atoms with Gasteiger partial charge in [-0.15, -0.1) is 0 Å². The molecular formula is C13H17F3N2. The van der Waals surface area contributed by atoms with E-state index in [1.165, 1.54) is 6.07 Å². The van der Waals surface area contributed by atoms with Gasteiger partial charge in [0, 0.05) is 25.6 Å². The highest BCUT2D eigenvalue weighted by atomic mass is 19.4. The van der Waals surface area contributed by atoms with Gasteiger partial charge < -0.3 is 10.6 Å². The van der Waals surface area contributed by atoms with Crippen LogP contribution in [0.4, 0.5) is 13.2 Å². The van der Waals surface area contributed by atoms with E-state index < -0.39 is 11.7 Å². The van der Waals surface area contributed by atoms with Gasteiger partial charge in [0.1, 0.15) is 0 Å². The van der Waals surface area contributed by atoms with Crippen molar-refractivity contribution in [2.45, 2.75) is 25.6 Å². The molecule has 0 aromatic heterocycles. The maximum atomic E-state index is 12.7. The topological polar surface area (TPSA) is 24.1 Å². The summed E-state index contributed by atoms with van der Waals surface area (Å²) in [5, 5.41) is 6.43. The third-order valence-electron chi connectivity index (χ3n) is 3.26. The van der Waals surface area contributed by atoms with Crippen LogP contribution in [-0.4, -0.2) is 19.6 Å². The van der Waals surface area contributed by atoms with Crippen LogP contribution in [0, 0.1) is 0 Å². The summed E-state index contributed by atoms with van der Waals surface area (Å²) in [5.41, 5.74) is 1.24. The lowest BCUT2D eigenvalue weighted by molar-refractivity contribution is -0.137. The van der Waals surface area contributed by atoms with Crippen LogP contribution in [0.3, 0.4) is 0 Å². The van der Waals surface area contributed by atoms with Gasteiger partial charge in [0.05, 0.1) is 5.56 Å². The van der Waals surface area contributed by atoms with Crippen LogP contribution in [-0.2, 0) is 12.7 Å². The number of hydrogen-bond acceptors (Lipinski definition) is 2. The largest absolute Gasteiger partial charge is 0.416 e. The van der Waals surface area contributed by atoms with Crippen LogP contribution >= 0.6 is 0 Å². The summed E-state index contributed by atoms with van der Waals surface area (Å²) in [4.78, 5) is 0. The van der Waals surface area contributed by atoms with Gasteiger partial charge in [-0.25, -0.2) is 0 Å². The minimum atomic E-state index is -4.26. The quantitative estimate of drug-likeness (QED) is 0.870. The average molecular weight is 258 g/mol. The van der Waals surface area contributed by atoms with Gasteiger partial charge in [-0.2, -0.15) is 13.2 Å². The lowest BCUT2D eigenvalue weighted by atomic mass is 9.89. The molecule has 5 heteroatoms. The molecule has 1 aromatic carbocycles. The molecule has 2 nitrogen and oxygen atoms in total. The van der Waals surface area contributed by atoms with Crippen LogP contribution in [0.15, 0.2) is 18.2 Å². The lowest BCUT2D eigenvalue weighted by Gasteiger charge is -2.27. The maximum Gasteiger partial charge on any atom is 0.416 e. The molecule has 1 aliphatic heterocycles. The van der Waals surface area contributed by atoms with E-state index in [2.05, 4.69) is 10.6 Å². The molecule has 1 aliphatic rings. The second kappa shape index (κ2) is 5.28. The molecule has 2 N–H and O–H groups in total. The second-order valence-corrected chi connectivity index (χ2v) is 4.55. The first-order valence-corrected chi connectivity index (χ1v) is 6.14. The Bertz CT molecular complexity index is 415. The van der Waals surface area contributed by atoms with Gasteiger partial charge in [-0.05, 0) is 29.8 Å². The van der Waals surface area contributed by atoms with Crippen molar-refractivity contribution >= 4 is 0 Å². The summed E-state index contributed by atoms with van der Waals surface area (Å²) < 4.78 is 38.1. The van der Waals surface area contributed by atoms with Crippen molar-refractivity contribution in [3.8, 4) is 0 Å². The summed E-state index contributed by atoms with van der Waals surface area (Å²) in [6.07, 6.45) is -4.26. The van der Waals surface area contributed by atoms with Crippen molar-refractivity contribution in [1.82, 2.24) is 10.6 Å². The fourth-order valence-corrected chi connectivity index (χ4v) is 2.30. The van der Waals surface area contributed by atoms with Crippen molar-refractivity contribution < 1.29 is 13.2 Å². The van der Waals surface area contributed by atoms with E-state index in [0.717, 1.165) is 30.3 Å². The summed E-state index contributed by atoms with van der Waals surface area (Å²) >= 11 is 0. The summed E-state index contributed by atoms with van der Waals surface area (Å²) in [6, 6.07) is 4.05. The standard InChI is InChI=1S/C13H17F3N2/c1-2-17-7-10-8-18-6-9-3-4-11(5-12(9)10)13(14,15)16/h3-5,10,17-18H,2,6-8H2,1H3. The molecular weight excluding hydrogens is 241 g/mol. The predicted molar refractivity (Wildman–Crippen MR) is 64.4 cm³/mol. The fraction of sp³-hybridized carbons (Fsp3) is 0.538. The Balaban J connectivity index is 2.29. The van der Waals surface area contributed by atoms with E-state index in [1.54, 1.807) is 6.07 Å². The van der Waals surface area contributed by atoms with Crippen LogP contribution in [0.1, 0.15) is 29.5 Å². The molecule has 0 fully saturated rings. The van der Waals surface area contributed by atoms with Crippen molar-refractivity contribution in [1.29, 1.82) is 0 Å². The van der Waals surface area contributed by atoms with Crippen molar-refractivity contribution in [2.75, 3.05) is 19.6 Å². The number of hydrogen-bond donors (Lipinski definition) is 2. The van der Waals surface area contributed by atoms with Crippen LogP contribution in [0.2, 0.25) is 0 Å². The first-order valence-electron chi connectivity index (χ1n) is 6.14. The smallest absolute Gasteiger partial charge is 0.316 e. The number of halogens is 3. The third-order valence-corrected chi connectivity index (χ3v) is 3.26. The molecule has 1 atom stereocenters. The highest BCUT2D eigenvalue weighted by molar-refractivity contribution is 5.38. The van der Waals surface area contributed by atoms with E-state index >= 15 is 0 Å². The molecule has 1 aromatic rings. The van der Waals surface area contributed by atoms with Crippen LogP contribution in [0.25, 0.3) is 0 Å². The normalized spacial score (nSPS) is 19.7. The Morgan fingerprint density at radius 1 is 1.39 bits per heavy atom. The van der Waals surface area contributed by atoms with Gasteiger partial charge in [-0.3, -0.25) is 0 Å². The molecule has 1 unspecified atom stereocenters. The van der Waals surface area contributed by atoms with Gasteiger partial charge in [-0.1, -0.05) is 13.0 Å². The molecule has 0 radical (unpaired) electrons. The number of fused-ring (bicyclic) bond motifs is 1. The Kier molecular flexibility index (Phi) is 3.92. The minimum absolute atomic E-state index is 0.107. The Morgan fingerprint density at radius 3 is 2.83 bits per heavy atom. The molecule has 0 amide bonds. The van der Waals surface area contributed by atoms with E-state index in [9.17, 15) is 13.2 Å². The zero-order valence-corrected chi connectivity index (χ0v) is 10.3. The molecule has 18 heavy (non-hydrogen) atoms. The van der Waals surface area contributed by atoms with Gasteiger partial charge in [0.2, 0.25) is 0 Å².